The lowest BCUT2D eigenvalue weighted by Crippen LogP contribution is -2.11. The maximum absolute atomic E-state index is 10.0. The van der Waals surface area contributed by atoms with E-state index < -0.39 is 5.60 Å². The zero-order valence-electron chi connectivity index (χ0n) is 8.99. The van der Waals surface area contributed by atoms with E-state index in [1.165, 1.54) is 5.56 Å². The number of ether oxygens (including phenoxy) is 1. The van der Waals surface area contributed by atoms with Gasteiger partial charge >= 0.3 is 0 Å². The van der Waals surface area contributed by atoms with Crippen molar-refractivity contribution in [2.75, 3.05) is 7.11 Å². The van der Waals surface area contributed by atoms with Gasteiger partial charge in [-0.2, -0.15) is 0 Å². The average molecular weight is 204 g/mol. The van der Waals surface area contributed by atoms with E-state index in [9.17, 15) is 5.11 Å². The van der Waals surface area contributed by atoms with Crippen LogP contribution >= 0.6 is 0 Å². The summed E-state index contributed by atoms with van der Waals surface area (Å²) >= 11 is 0. The molecule has 2 aliphatic carbocycles. The summed E-state index contributed by atoms with van der Waals surface area (Å²) in [5, 5.41) is 10.0. The van der Waals surface area contributed by atoms with Crippen LogP contribution in [-0.2, 0) is 15.9 Å². The molecule has 0 saturated heterocycles. The molecule has 2 fully saturated rings. The minimum Gasteiger partial charge on any atom is -0.385 e. The van der Waals surface area contributed by atoms with Gasteiger partial charge in [0.2, 0.25) is 0 Å². The van der Waals surface area contributed by atoms with Gasteiger partial charge in [0.25, 0.3) is 0 Å². The maximum atomic E-state index is 10.0. The van der Waals surface area contributed by atoms with E-state index in [4.69, 9.17) is 4.74 Å². The second-order valence-corrected chi connectivity index (χ2v) is 4.81. The van der Waals surface area contributed by atoms with E-state index in [1.807, 2.05) is 12.1 Å². The first-order chi connectivity index (χ1) is 7.19. The van der Waals surface area contributed by atoms with Crippen LogP contribution in [0.2, 0.25) is 0 Å². The first kappa shape index (κ1) is 9.37. The molecule has 0 aromatic heterocycles. The molecule has 0 radical (unpaired) electrons. The van der Waals surface area contributed by atoms with E-state index in [0.29, 0.717) is 0 Å². The highest BCUT2D eigenvalue weighted by molar-refractivity contribution is 5.36. The predicted molar refractivity (Wildman–Crippen MR) is 57.5 cm³/mol. The third kappa shape index (κ3) is 1.40. The van der Waals surface area contributed by atoms with Gasteiger partial charge in [0.1, 0.15) is 0 Å². The van der Waals surface area contributed by atoms with E-state index in [-0.39, 0.29) is 5.60 Å². The third-order valence-corrected chi connectivity index (χ3v) is 3.74. The van der Waals surface area contributed by atoms with Gasteiger partial charge in [0, 0.05) is 7.11 Å². The number of hydrogen-bond donors (Lipinski definition) is 1. The minimum absolute atomic E-state index is 0.0404. The number of methoxy groups -OCH3 is 1. The van der Waals surface area contributed by atoms with Crippen molar-refractivity contribution in [3.05, 3.63) is 35.4 Å². The normalized spacial score (nSPS) is 24.9. The Balaban J connectivity index is 1.97. The van der Waals surface area contributed by atoms with Gasteiger partial charge in [0.15, 0.2) is 0 Å². The summed E-state index contributed by atoms with van der Waals surface area (Å²) in [5.74, 6) is 0. The van der Waals surface area contributed by atoms with Crippen molar-refractivity contribution < 1.29 is 9.84 Å². The third-order valence-electron chi connectivity index (χ3n) is 3.74. The van der Waals surface area contributed by atoms with Crippen LogP contribution < -0.4 is 0 Å². The van der Waals surface area contributed by atoms with Crippen molar-refractivity contribution in [2.24, 2.45) is 0 Å². The predicted octanol–water partition coefficient (Wildman–Crippen LogP) is 2.30. The molecule has 2 aliphatic rings. The van der Waals surface area contributed by atoms with Gasteiger partial charge in [-0.15, -0.1) is 0 Å². The van der Waals surface area contributed by atoms with Gasteiger partial charge < -0.3 is 9.84 Å². The highest BCUT2D eigenvalue weighted by Crippen LogP contribution is 2.51. The molecule has 15 heavy (non-hydrogen) atoms. The van der Waals surface area contributed by atoms with Crippen LogP contribution in [0.4, 0.5) is 0 Å². The Kier molecular flexibility index (Phi) is 1.77. The first-order valence-electron chi connectivity index (χ1n) is 5.57. The van der Waals surface area contributed by atoms with Gasteiger partial charge in [-0.1, -0.05) is 24.3 Å². The fraction of sp³-hybridized carbons (Fsp3) is 0.538. The highest BCUT2D eigenvalue weighted by atomic mass is 16.5. The molecule has 0 aliphatic heterocycles. The number of hydrogen-bond acceptors (Lipinski definition) is 2. The van der Waals surface area contributed by atoms with Gasteiger partial charge in [0.05, 0.1) is 11.2 Å². The molecule has 1 N–H and O–H groups in total. The number of rotatable bonds is 3. The molecule has 2 heteroatoms. The second-order valence-electron chi connectivity index (χ2n) is 4.81. The molecule has 2 nitrogen and oxygen atoms in total. The molecule has 2 saturated carbocycles. The molecule has 0 amide bonds. The number of aliphatic hydroxyl groups is 1. The summed E-state index contributed by atoms with van der Waals surface area (Å²) in [5.41, 5.74) is 1.72. The molecule has 1 aromatic carbocycles. The summed E-state index contributed by atoms with van der Waals surface area (Å²) in [6, 6.07) is 8.26. The van der Waals surface area contributed by atoms with E-state index in [1.54, 1.807) is 7.11 Å². The second kappa shape index (κ2) is 2.83. The topological polar surface area (TPSA) is 29.5 Å². The van der Waals surface area contributed by atoms with Crippen LogP contribution in [0.3, 0.4) is 0 Å². The van der Waals surface area contributed by atoms with Crippen molar-refractivity contribution in [1.82, 2.24) is 0 Å². The number of benzene rings is 1. The monoisotopic (exact) mass is 204 g/mol. The van der Waals surface area contributed by atoms with Crippen molar-refractivity contribution >= 4 is 0 Å². The highest BCUT2D eigenvalue weighted by Gasteiger charge is 2.47. The molecular formula is C13H16O2. The fourth-order valence-electron chi connectivity index (χ4n) is 2.22. The quantitative estimate of drug-likeness (QED) is 0.818. The first-order valence-corrected chi connectivity index (χ1v) is 5.57. The van der Waals surface area contributed by atoms with Gasteiger partial charge in [-0.25, -0.2) is 0 Å². The lowest BCUT2D eigenvalue weighted by atomic mass is 10.0. The van der Waals surface area contributed by atoms with Gasteiger partial charge in [-0.05, 0) is 36.8 Å². The molecule has 0 atom stereocenters. The summed E-state index contributed by atoms with van der Waals surface area (Å²) in [7, 11) is 1.77. The zero-order valence-corrected chi connectivity index (χ0v) is 8.99. The Bertz CT molecular complexity index is 389. The van der Waals surface area contributed by atoms with E-state index in [0.717, 1.165) is 31.2 Å². The average Bonchev–Trinajstić information content (AvgIpc) is 3.15. The van der Waals surface area contributed by atoms with Crippen LogP contribution in [-0.4, -0.2) is 12.2 Å². The van der Waals surface area contributed by atoms with E-state index >= 15 is 0 Å². The van der Waals surface area contributed by atoms with E-state index in [2.05, 4.69) is 12.1 Å². The molecule has 0 heterocycles. The zero-order chi connectivity index (χ0) is 10.5. The molecule has 1 aromatic rings. The molecule has 0 bridgehead atoms. The molecule has 3 rings (SSSR count). The van der Waals surface area contributed by atoms with Crippen LogP contribution in [0.5, 0.6) is 0 Å². The Morgan fingerprint density at radius 3 is 2.33 bits per heavy atom. The largest absolute Gasteiger partial charge is 0.385 e. The lowest BCUT2D eigenvalue weighted by molar-refractivity contribution is 0.0784. The standard InChI is InChI=1S/C13H16O2/c1-15-13(7-8-13)11-4-2-3-10(9-11)12(14)5-6-12/h2-4,9,14H,5-8H2,1H3. The summed E-state index contributed by atoms with van der Waals surface area (Å²) < 4.78 is 5.54. The van der Waals surface area contributed by atoms with Crippen molar-refractivity contribution in [1.29, 1.82) is 0 Å². The SMILES string of the molecule is COC1(c2cccc(C3(O)CC3)c2)CC1. The van der Waals surface area contributed by atoms with Crippen LogP contribution in [0.15, 0.2) is 24.3 Å². The van der Waals surface area contributed by atoms with Gasteiger partial charge in [-0.3, -0.25) is 0 Å². The summed E-state index contributed by atoms with van der Waals surface area (Å²) in [6.07, 6.45) is 4.00. The Morgan fingerprint density at radius 1 is 1.13 bits per heavy atom. The Morgan fingerprint density at radius 2 is 1.80 bits per heavy atom. The molecular weight excluding hydrogens is 188 g/mol. The van der Waals surface area contributed by atoms with Crippen LogP contribution in [0, 0.1) is 0 Å². The Labute approximate surface area is 89.9 Å². The summed E-state index contributed by atoms with van der Waals surface area (Å²) in [4.78, 5) is 0. The lowest BCUT2D eigenvalue weighted by Gasteiger charge is -2.16. The molecule has 80 valence electrons. The van der Waals surface area contributed by atoms with Crippen LogP contribution in [0.1, 0.15) is 36.8 Å². The smallest absolute Gasteiger partial charge is 0.0930 e. The molecule has 0 unspecified atom stereocenters. The summed E-state index contributed by atoms with van der Waals surface area (Å²) in [6.45, 7) is 0. The van der Waals surface area contributed by atoms with Crippen molar-refractivity contribution in [3.63, 3.8) is 0 Å². The van der Waals surface area contributed by atoms with Crippen molar-refractivity contribution in [3.8, 4) is 0 Å². The minimum atomic E-state index is -0.528. The Hall–Kier alpha value is -0.860. The van der Waals surface area contributed by atoms with Crippen LogP contribution in [0.25, 0.3) is 0 Å². The maximum Gasteiger partial charge on any atom is 0.0930 e. The fourth-order valence-corrected chi connectivity index (χ4v) is 2.22. The van der Waals surface area contributed by atoms with Crippen molar-refractivity contribution in [2.45, 2.75) is 36.9 Å². The molecule has 0 spiro atoms.